The molecular formula is C15H22FN3O3S. The summed E-state index contributed by atoms with van der Waals surface area (Å²) in [5, 5.41) is 10.3. The van der Waals surface area contributed by atoms with E-state index in [1.165, 1.54) is 22.5 Å². The lowest BCUT2D eigenvalue weighted by atomic mass is 10.1. The van der Waals surface area contributed by atoms with E-state index in [2.05, 4.69) is 9.80 Å². The van der Waals surface area contributed by atoms with Crippen molar-refractivity contribution in [3.63, 3.8) is 0 Å². The van der Waals surface area contributed by atoms with Crippen LogP contribution in [0.4, 0.5) is 4.39 Å². The first-order chi connectivity index (χ1) is 10.9. The summed E-state index contributed by atoms with van der Waals surface area (Å²) in [4.78, 5) is 4.00. The second-order valence-corrected chi connectivity index (χ2v) is 8.13. The molecule has 6 nitrogen and oxygen atoms in total. The van der Waals surface area contributed by atoms with Crippen molar-refractivity contribution in [2.24, 2.45) is 0 Å². The van der Waals surface area contributed by atoms with Gasteiger partial charge in [-0.2, -0.15) is 4.31 Å². The van der Waals surface area contributed by atoms with Gasteiger partial charge < -0.3 is 10.0 Å². The highest BCUT2D eigenvalue weighted by Crippen LogP contribution is 2.26. The highest BCUT2D eigenvalue weighted by Gasteiger charge is 2.42. The molecule has 2 aliphatic heterocycles. The van der Waals surface area contributed by atoms with E-state index in [-0.39, 0.29) is 24.0 Å². The third-order valence-electron chi connectivity index (χ3n) is 4.69. The van der Waals surface area contributed by atoms with Crippen molar-refractivity contribution < 1.29 is 17.9 Å². The number of β-amino-alcohol motifs (C(OH)–C–C–N with tert-alkyl or cyclic N) is 1. The van der Waals surface area contributed by atoms with E-state index in [1.54, 1.807) is 0 Å². The summed E-state index contributed by atoms with van der Waals surface area (Å²) in [6, 6.07) is 5.13. The van der Waals surface area contributed by atoms with Crippen molar-refractivity contribution in [1.82, 2.24) is 14.1 Å². The average molecular weight is 343 g/mol. The van der Waals surface area contributed by atoms with Gasteiger partial charge in [0.25, 0.3) is 0 Å². The van der Waals surface area contributed by atoms with Crippen LogP contribution in [0.25, 0.3) is 0 Å². The first-order valence-corrected chi connectivity index (χ1v) is 9.19. The van der Waals surface area contributed by atoms with E-state index in [9.17, 15) is 17.9 Å². The Hall–Kier alpha value is -1.06. The number of nitrogens with zero attached hydrogens (tertiary/aromatic N) is 3. The van der Waals surface area contributed by atoms with Crippen LogP contribution in [0.15, 0.2) is 29.2 Å². The monoisotopic (exact) mass is 343 g/mol. The molecule has 0 unspecified atom stereocenters. The highest BCUT2D eigenvalue weighted by molar-refractivity contribution is 7.89. The highest BCUT2D eigenvalue weighted by atomic mass is 32.2. The molecule has 2 saturated heterocycles. The van der Waals surface area contributed by atoms with Crippen LogP contribution >= 0.6 is 0 Å². The van der Waals surface area contributed by atoms with Gasteiger partial charge in [0, 0.05) is 39.3 Å². The van der Waals surface area contributed by atoms with E-state index < -0.39 is 21.9 Å². The second kappa shape index (κ2) is 6.45. The molecule has 3 rings (SSSR count). The number of piperazine rings is 1. The zero-order valence-electron chi connectivity index (χ0n) is 13.1. The fourth-order valence-corrected chi connectivity index (χ4v) is 4.78. The lowest BCUT2D eigenvalue weighted by Crippen LogP contribution is -2.52. The molecule has 2 fully saturated rings. The van der Waals surface area contributed by atoms with Crippen LogP contribution in [0.3, 0.4) is 0 Å². The molecule has 0 saturated carbocycles. The summed E-state index contributed by atoms with van der Waals surface area (Å²) >= 11 is 0. The van der Waals surface area contributed by atoms with E-state index in [0.717, 1.165) is 32.2 Å². The Morgan fingerprint density at radius 1 is 1.13 bits per heavy atom. The molecule has 0 radical (unpaired) electrons. The fourth-order valence-electron chi connectivity index (χ4n) is 3.24. The molecule has 8 heteroatoms. The van der Waals surface area contributed by atoms with Gasteiger partial charge in [0.1, 0.15) is 10.7 Å². The number of aliphatic hydroxyl groups is 1. The van der Waals surface area contributed by atoms with Crippen LogP contribution in [0, 0.1) is 5.82 Å². The van der Waals surface area contributed by atoms with Gasteiger partial charge in [-0.3, -0.25) is 4.90 Å². The molecule has 0 aliphatic carbocycles. The summed E-state index contributed by atoms with van der Waals surface area (Å²) in [5.74, 6) is -0.759. The molecule has 0 amide bonds. The zero-order chi connectivity index (χ0) is 16.6. The number of benzene rings is 1. The van der Waals surface area contributed by atoms with E-state index in [1.807, 2.05) is 7.05 Å². The zero-order valence-corrected chi connectivity index (χ0v) is 13.9. The van der Waals surface area contributed by atoms with Gasteiger partial charge in [-0.05, 0) is 19.2 Å². The number of halogens is 1. The molecule has 1 aromatic carbocycles. The number of rotatable bonds is 3. The molecule has 2 aliphatic rings. The van der Waals surface area contributed by atoms with Crippen molar-refractivity contribution in [3.8, 4) is 0 Å². The summed E-state index contributed by atoms with van der Waals surface area (Å²) in [6.45, 7) is 3.58. The van der Waals surface area contributed by atoms with Gasteiger partial charge in [0.15, 0.2) is 0 Å². The third kappa shape index (κ3) is 3.27. The predicted molar refractivity (Wildman–Crippen MR) is 84.0 cm³/mol. The molecule has 0 bridgehead atoms. The van der Waals surface area contributed by atoms with Crippen molar-refractivity contribution in [2.45, 2.75) is 17.0 Å². The summed E-state index contributed by atoms with van der Waals surface area (Å²) in [7, 11) is -1.88. The average Bonchev–Trinajstić information content (AvgIpc) is 2.91. The SMILES string of the molecule is CN1CCN([C@@H]2CN(S(=O)(=O)c3ccccc3F)C[C@H]2O)CC1. The standard InChI is InChI=1S/C15H22FN3O3S/c1-17-6-8-18(9-7-17)13-10-19(11-14(13)20)23(21,22)15-5-3-2-4-12(15)16/h2-5,13-14,20H,6-11H2,1H3/t13-,14-/m1/s1. The first kappa shape index (κ1) is 16.8. The van der Waals surface area contributed by atoms with Crippen molar-refractivity contribution >= 4 is 10.0 Å². The van der Waals surface area contributed by atoms with Gasteiger partial charge in [-0.1, -0.05) is 12.1 Å². The Kier molecular flexibility index (Phi) is 4.70. The molecule has 1 aromatic rings. The van der Waals surface area contributed by atoms with Crippen molar-refractivity contribution in [1.29, 1.82) is 0 Å². The predicted octanol–water partition coefficient (Wildman–Crippen LogP) is -0.193. The minimum atomic E-state index is -3.92. The number of likely N-dealkylation sites (N-methyl/N-ethyl adjacent to an activating group) is 1. The van der Waals surface area contributed by atoms with Crippen LogP contribution in [0.5, 0.6) is 0 Å². The van der Waals surface area contributed by atoms with Crippen LogP contribution < -0.4 is 0 Å². The number of hydrogen-bond donors (Lipinski definition) is 1. The second-order valence-electron chi connectivity index (χ2n) is 6.23. The topological polar surface area (TPSA) is 64.1 Å². The maximum atomic E-state index is 13.8. The van der Waals surface area contributed by atoms with Gasteiger partial charge in [0.05, 0.1) is 12.1 Å². The van der Waals surface area contributed by atoms with E-state index in [4.69, 9.17) is 0 Å². The van der Waals surface area contributed by atoms with Crippen LogP contribution in [0.2, 0.25) is 0 Å². The summed E-state index contributed by atoms with van der Waals surface area (Å²) in [6.07, 6.45) is -0.750. The Labute approximate surface area is 136 Å². The quantitative estimate of drug-likeness (QED) is 0.824. The number of aliphatic hydroxyl groups excluding tert-OH is 1. The molecule has 0 aromatic heterocycles. The number of hydrogen-bond acceptors (Lipinski definition) is 5. The van der Waals surface area contributed by atoms with Crippen LogP contribution in [-0.2, 0) is 10.0 Å². The maximum Gasteiger partial charge on any atom is 0.246 e. The van der Waals surface area contributed by atoms with Gasteiger partial charge in [-0.25, -0.2) is 12.8 Å². The van der Waals surface area contributed by atoms with Crippen LogP contribution in [-0.4, -0.2) is 86.1 Å². The Morgan fingerprint density at radius 2 is 1.78 bits per heavy atom. The largest absolute Gasteiger partial charge is 0.390 e. The van der Waals surface area contributed by atoms with E-state index in [0.29, 0.717) is 0 Å². The molecule has 2 heterocycles. The van der Waals surface area contributed by atoms with E-state index >= 15 is 0 Å². The molecule has 1 N–H and O–H groups in total. The smallest absolute Gasteiger partial charge is 0.246 e. The summed E-state index contributed by atoms with van der Waals surface area (Å²) < 4.78 is 40.3. The van der Waals surface area contributed by atoms with Crippen molar-refractivity contribution in [2.75, 3.05) is 46.3 Å². The summed E-state index contributed by atoms with van der Waals surface area (Å²) in [5.41, 5.74) is 0. The minimum Gasteiger partial charge on any atom is -0.390 e. The lowest BCUT2D eigenvalue weighted by Gasteiger charge is -2.37. The fraction of sp³-hybridized carbons (Fsp3) is 0.600. The third-order valence-corrected chi connectivity index (χ3v) is 6.55. The lowest BCUT2D eigenvalue weighted by molar-refractivity contribution is 0.0512. The Balaban J connectivity index is 1.77. The van der Waals surface area contributed by atoms with Crippen molar-refractivity contribution in [3.05, 3.63) is 30.1 Å². The first-order valence-electron chi connectivity index (χ1n) is 7.75. The van der Waals surface area contributed by atoms with Gasteiger partial charge in [0.2, 0.25) is 10.0 Å². The molecule has 128 valence electrons. The normalized spacial score (nSPS) is 28.3. The Bertz CT molecular complexity index is 662. The Morgan fingerprint density at radius 3 is 2.43 bits per heavy atom. The van der Waals surface area contributed by atoms with Crippen LogP contribution in [0.1, 0.15) is 0 Å². The van der Waals surface area contributed by atoms with Gasteiger partial charge in [-0.15, -0.1) is 0 Å². The number of sulfonamides is 1. The molecule has 0 spiro atoms. The maximum absolute atomic E-state index is 13.8. The molecular weight excluding hydrogens is 321 g/mol. The van der Waals surface area contributed by atoms with Gasteiger partial charge >= 0.3 is 0 Å². The molecule has 2 atom stereocenters. The minimum absolute atomic E-state index is 0.00761. The molecule has 23 heavy (non-hydrogen) atoms.